The highest BCUT2D eigenvalue weighted by atomic mass is 35.5. The molecule has 1 aromatic rings. The van der Waals surface area contributed by atoms with E-state index in [2.05, 4.69) is 9.47 Å². The summed E-state index contributed by atoms with van der Waals surface area (Å²) in [6, 6.07) is 5.42. The summed E-state index contributed by atoms with van der Waals surface area (Å²) >= 11 is 10.2. The van der Waals surface area contributed by atoms with E-state index in [1.807, 2.05) is 0 Å². The van der Waals surface area contributed by atoms with Crippen LogP contribution in [0.4, 0.5) is 8.78 Å². The molecule has 0 aliphatic heterocycles. The van der Waals surface area contributed by atoms with Gasteiger partial charge in [0.1, 0.15) is 24.7 Å². The predicted molar refractivity (Wildman–Crippen MR) is 69.6 cm³/mol. The van der Waals surface area contributed by atoms with Crippen LogP contribution >= 0.6 is 23.2 Å². The Morgan fingerprint density at radius 1 is 1.20 bits per heavy atom. The third-order valence-electron chi connectivity index (χ3n) is 1.99. The Labute approximate surface area is 124 Å². The maximum Gasteiger partial charge on any atom is 0.428 e. The van der Waals surface area contributed by atoms with Gasteiger partial charge < -0.3 is 14.2 Å². The van der Waals surface area contributed by atoms with E-state index in [1.54, 1.807) is 0 Å². The molecule has 0 fully saturated rings. The van der Waals surface area contributed by atoms with E-state index in [4.69, 9.17) is 27.9 Å². The van der Waals surface area contributed by atoms with Crippen LogP contribution in [0, 0.1) is 0 Å². The van der Waals surface area contributed by atoms with E-state index in [0.29, 0.717) is 5.75 Å². The number of carbonyl (C=O) groups excluding carboxylic acids is 1. The molecular weight excluding hydrogens is 317 g/mol. The average Bonchev–Trinajstić information content (AvgIpc) is 2.35. The zero-order valence-electron chi connectivity index (χ0n) is 10.4. The van der Waals surface area contributed by atoms with E-state index in [-0.39, 0.29) is 19.0 Å². The lowest BCUT2D eigenvalue weighted by atomic mass is 10.3. The first-order chi connectivity index (χ1) is 9.31. The summed E-state index contributed by atoms with van der Waals surface area (Å²) in [6.45, 7) is 1.54. The van der Waals surface area contributed by atoms with E-state index < -0.39 is 16.9 Å². The second kappa shape index (κ2) is 7.50. The lowest BCUT2D eigenvalue weighted by molar-refractivity contribution is -0.163. The molecule has 1 rings (SSSR count). The van der Waals surface area contributed by atoms with Crippen LogP contribution in [0.5, 0.6) is 11.5 Å². The van der Waals surface area contributed by atoms with Gasteiger partial charge in [0, 0.05) is 6.92 Å². The lowest BCUT2D eigenvalue weighted by Crippen LogP contribution is -2.32. The molecule has 0 aliphatic carbocycles. The van der Waals surface area contributed by atoms with Crippen LogP contribution in [-0.2, 0) is 9.53 Å². The largest absolute Gasteiger partial charge is 0.490 e. The van der Waals surface area contributed by atoms with E-state index in [9.17, 15) is 13.6 Å². The lowest BCUT2D eigenvalue weighted by Gasteiger charge is -2.18. The van der Waals surface area contributed by atoms with Gasteiger partial charge in [0.15, 0.2) is 0 Å². The molecule has 1 aromatic carbocycles. The van der Waals surface area contributed by atoms with Crippen molar-refractivity contribution in [2.24, 2.45) is 0 Å². The standard InChI is InChI=1S/C12H12Cl2F2O4/c1-8(17)18-6-7-19-9-2-4-10(5-3-9)20-12(15,16)11(13)14/h2-5,11H,6-7H2,1H3. The molecule has 20 heavy (non-hydrogen) atoms. The highest BCUT2D eigenvalue weighted by Gasteiger charge is 2.40. The molecule has 8 heteroatoms. The molecule has 0 atom stereocenters. The highest BCUT2D eigenvalue weighted by Crippen LogP contribution is 2.30. The first kappa shape index (κ1) is 16.8. The quantitative estimate of drug-likeness (QED) is 0.437. The number of carbonyl (C=O) groups is 1. The van der Waals surface area contributed by atoms with E-state index >= 15 is 0 Å². The minimum absolute atomic E-state index is 0.103. The van der Waals surface area contributed by atoms with Crippen LogP contribution in [0.1, 0.15) is 6.92 Å². The molecule has 0 unspecified atom stereocenters. The molecule has 0 saturated carbocycles. The smallest absolute Gasteiger partial charge is 0.428 e. The summed E-state index contributed by atoms with van der Waals surface area (Å²) in [4.78, 5) is 8.53. The maximum absolute atomic E-state index is 13.1. The molecule has 0 saturated heterocycles. The van der Waals surface area contributed by atoms with Crippen molar-refractivity contribution < 1.29 is 27.8 Å². The normalized spacial score (nSPS) is 11.3. The zero-order valence-corrected chi connectivity index (χ0v) is 12.0. The van der Waals surface area contributed by atoms with Crippen molar-refractivity contribution in [3.05, 3.63) is 24.3 Å². The fourth-order valence-corrected chi connectivity index (χ4v) is 1.24. The van der Waals surface area contributed by atoms with Gasteiger partial charge in [0.25, 0.3) is 0 Å². The Bertz CT molecular complexity index is 438. The van der Waals surface area contributed by atoms with Crippen LogP contribution in [0.25, 0.3) is 0 Å². The second-order valence-electron chi connectivity index (χ2n) is 3.62. The molecule has 0 aliphatic rings. The number of ether oxygens (including phenoxy) is 3. The molecule has 0 radical (unpaired) electrons. The van der Waals surface area contributed by atoms with Crippen molar-refractivity contribution in [3.63, 3.8) is 0 Å². The summed E-state index contributed by atoms with van der Waals surface area (Å²) < 4.78 is 40.4. The fraction of sp³-hybridized carbons (Fsp3) is 0.417. The van der Waals surface area contributed by atoms with Crippen molar-refractivity contribution >= 4 is 29.2 Å². The SMILES string of the molecule is CC(=O)OCCOc1ccc(OC(F)(F)C(Cl)Cl)cc1. The molecular formula is C12H12Cl2F2O4. The third kappa shape index (κ3) is 5.79. The Balaban J connectivity index is 2.46. The van der Waals surface area contributed by atoms with Crippen molar-refractivity contribution in [3.8, 4) is 11.5 Å². The van der Waals surface area contributed by atoms with Crippen molar-refractivity contribution in [2.45, 2.75) is 17.9 Å². The molecule has 0 amide bonds. The summed E-state index contributed by atoms with van der Waals surface area (Å²) in [5, 5.41) is 0. The second-order valence-corrected chi connectivity index (χ2v) is 4.72. The first-order valence-electron chi connectivity index (χ1n) is 5.52. The van der Waals surface area contributed by atoms with Crippen LogP contribution in [0.15, 0.2) is 24.3 Å². The number of hydrogen-bond donors (Lipinski definition) is 0. The predicted octanol–water partition coefficient (Wildman–Crippen LogP) is 3.40. The molecule has 0 spiro atoms. The number of benzene rings is 1. The minimum atomic E-state index is -3.68. The summed E-state index contributed by atoms with van der Waals surface area (Å²) in [5.74, 6) is -0.0916. The fourth-order valence-electron chi connectivity index (χ4n) is 1.15. The summed E-state index contributed by atoms with van der Waals surface area (Å²) in [5.41, 5.74) is 0. The van der Waals surface area contributed by atoms with Gasteiger partial charge >= 0.3 is 12.1 Å². The number of hydrogen-bond acceptors (Lipinski definition) is 4. The van der Waals surface area contributed by atoms with Gasteiger partial charge in [0.05, 0.1) is 0 Å². The van der Waals surface area contributed by atoms with Gasteiger partial charge in [-0.2, -0.15) is 8.78 Å². The van der Waals surface area contributed by atoms with E-state index in [1.165, 1.54) is 31.2 Å². The summed E-state index contributed by atoms with van der Waals surface area (Å²) in [7, 11) is 0. The molecule has 4 nitrogen and oxygen atoms in total. The monoisotopic (exact) mass is 328 g/mol. The van der Waals surface area contributed by atoms with Gasteiger partial charge in [-0.3, -0.25) is 4.79 Å². The van der Waals surface area contributed by atoms with Crippen LogP contribution in [0.3, 0.4) is 0 Å². The topological polar surface area (TPSA) is 44.8 Å². The Morgan fingerprint density at radius 2 is 1.75 bits per heavy atom. The Kier molecular flexibility index (Phi) is 6.29. The zero-order chi connectivity index (χ0) is 15.2. The number of halogens is 4. The van der Waals surface area contributed by atoms with Gasteiger partial charge in [-0.15, -0.1) is 0 Å². The summed E-state index contributed by atoms with van der Waals surface area (Å²) in [6.07, 6.45) is -3.68. The van der Waals surface area contributed by atoms with Crippen molar-refractivity contribution in [1.82, 2.24) is 0 Å². The Morgan fingerprint density at radius 3 is 2.25 bits per heavy atom. The highest BCUT2D eigenvalue weighted by molar-refractivity contribution is 6.44. The molecule has 112 valence electrons. The third-order valence-corrected chi connectivity index (χ3v) is 2.50. The number of rotatable bonds is 7. The van der Waals surface area contributed by atoms with Crippen molar-refractivity contribution in [1.29, 1.82) is 0 Å². The molecule has 0 heterocycles. The first-order valence-corrected chi connectivity index (χ1v) is 6.40. The minimum Gasteiger partial charge on any atom is -0.490 e. The Hall–Kier alpha value is -1.27. The van der Waals surface area contributed by atoms with Crippen LogP contribution in [-0.4, -0.2) is 30.1 Å². The van der Waals surface area contributed by atoms with Crippen LogP contribution in [0.2, 0.25) is 0 Å². The van der Waals surface area contributed by atoms with E-state index in [0.717, 1.165) is 0 Å². The van der Waals surface area contributed by atoms with Crippen molar-refractivity contribution in [2.75, 3.05) is 13.2 Å². The van der Waals surface area contributed by atoms with Crippen LogP contribution < -0.4 is 9.47 Å². The molecule has 0 N–H and O–H groups in total. The average molecular weight is 329 g/mol. The van der Waals surface area contributed by atoms with Gasteiger partial charge in [-0.05, 0) is 24.3 Å². The van der Waals surface area contributed by atoms with Gasteiger partial charge in [-0.25, -0.2) is 0 Å². The number of esters is 1. The molecule has 0 aromatic heterocycles. The number of alkyl halides is 4. The van der Waals surface area contributed by atoms with Gasteiger partial charge in [-0.1, -0.05) is 23.2 Å². The molecule has 0 bridgehead atoms. The maximum atomic E-state index is 13.1. The van der Waals surface area contributed by atoms with Gasteiger partial charge in [0.2, 0.25) is 4.84 Å².